The Hall–Kier alpha value is -3.74. The first-order chi connectivity index (χ1) is 14.0. The molecular formula is C22H23N3O4. The van der Waals surface area contributed by atoms with Crippen LogP contribution in [0.5, 0.6) is 17.2 Å². The van der Waals surface area contributed by atoms with E-state index in [1.165, 1.54) is 7.11 Å². The summed E-state index contributed by atoms with van der Waals surface area (Å²) < 4.78 is 15.8. The molecule has 0 saturated heterocycles. The van der Waals surface area contributed by atoms with Crippen molar-refractivity contribution < 1.29 is 19.0 Å². The van der Waals surface area contributed by atoms with Gasteiger partial charge in [0.15, 0.2) is 11.5 Å². The number of nitrogens with one attached hydrogen (secondary N) is 2. The van der Waals surface area contributed by atoms with Gasteiger partial charge in [-0.25, -0.2) is 4.98 Å². The standard InChI is InChI=1S/C22H23N3O4/c1-14-5-8-18(27-2)17(11-14)25-21-10-7-16(13-23-21)24-22(26)15-6-9-19(28-3)20(12-15)29-4/h5-13H,1-4H3,(H,23,25)(H,24,26). The highest BCUT2D eigenvalue weighted by Crippen LogP contribution is 2.29. The minimum absolute atomic E-state index is 0.270. The van der Waals surface area contributed by atoms with Crippen molar-refractivity contribution in [3.05, 3.63) is 65.9 Å². The fourth-order valence-corrected chi connectivity index (χ4v) is 2.78. The molecule has 2 N–H and O–H groups in total. The quantitative estimate of drug-likeness (QED) is 0.619. The maximum absolute atomic E-state index is 12.5. The topological polar surface area (TPSA) is 81.7 Å². The van der Waals surface area contributed by atoms with Crippen molar-refractivity contribution in [2.75, 3.05) is 32.0 Å². The highest BCUT2D eigenvalue weighted by Gasteiger charge is 2.11. The van der Waals surface area contributed by atoms with Gasteiger partial charge in [-0.1, -0.05) is 6.07 Å². The molecule has 7 nitrogen and oxygen atoms in total. The monoisotopic (exact) mass is 393 g/mol. The zero-order chi connectivity index (χ0) is 20.8. The van der Waals surface area contributed by atoms with Crippen molar-refractivity contribution in [3.8, 4) is 17.2 Å². The summed E-state index contributed by atoms with van der Waals surface area (Å²) in [5.41, 5.74) is 2.95. The first-order valence-corrected chi connectivity index (χ1v) is 8.95. The number of nitrogens with zero attached hydrogens (tertiary/aromatic N) is 1. The van der Waals surface area contributed by atoms with Crippen LogP contribution in [0, 0.1) is 6.92 Å². The third kappa shape index (κ3) is 4.76. The molecule has 2 aromatic carbocycles. The van der Waals surface area contributed by atoms with Crippen LogP contribution in [0.1, 0.15) is 15.9 Å². The average Bonchev–Trinajstić information content (AvgIpc) is 2.74. The number of benzene rings is 2. The normalized spacial score (nSPS) is 10.2. The summed E-state index contributed by atoms with van der Waals surface area (Å²) in [6.45, 7) is 2.00. The molecule has 0 aliphatic heterocycles. The number of methoxy groups -OCH3 is 3. The molecule has 3 rings (SSSR count). The minimum Gasteiger partial charge on any atom is -0.495 e. The third-order valence-electron chi connectivity index (χ3n) is 4.28. The van der Waals surface area contributed by atoms with E-state index in [0.717, 1.165) is 17.0 Å². The largest absolute Gasteiger partial charge is 0.495 e. The molecule has 1 amide bonds. The Morgan fingerprint density at radius 1 is 0.862 bits per heavy atom. The second-order valence-electron chi connectivity index (χ2n) is 6.28. The Morgan fingerprint density at radius 3 is 2.24 bits per heavy atom. The van der Waals surface area contributed by atoms with E-state index in [1.807, 2.05) is 25.1 Å². The smallest absolute Gasteiger partial charge is 0.255 e. The average molecular weight is 393 g/mol. The van der Waals surface area contributed by atoms with Crippen LogP contribution in [0.4, 0.5) is 17.2 Å². The zero-order valence-electron chi connectivity index (χ0n) is 16.8. The number of carbonyl (C=O) groups is 1. The van der Waals surface area contributed by atoms with Crippen molar-refractivity contribution in [2.24, 2.45) is 0 Å². The zero-order valence-corrected chi connectivity index (χ0v) is 16.8. The SMILES string of the molecule is COc1ccc(C)cc1Nc1ccc(NC(=O)c2ccc(OC)c(OC)c2)cn1. The molecule has 0 spiro atoms. The number of pyridine rings is 1. The molecule has 0 unspecified atom stereocenters. The maximum atomic E-state index is 12.5. The number of hydrogen-bond acceptors (Lipinski definition) is 6. The number of rotatable bonds is 7. The number of anilines is 3. The van der Waals surface area contributed by atoms with Crippen molar-refractivity contribution >= 4 is 23.1 Å². The lowest BCUT2D eigenvalue weighted by atomic mass is 10.2. The molecule has 0 fully saturated rings. The fourth-order valence-electron chi connectivity index (χ4n) is 2.78. The summed E-state index contributed by atoms with van der Waals surface area (Å²) in [5, 5.41) is 6.04. The first kappa shape index (κ1) is 20.0. The van der Waals surface area contributed by atoms with Gasteiger partial charge in [0.25, 0.3) is 5.91 Å². The third-order valence-corrected chi connectivity index (χ3v) is 4.28. The fraction of sp³-hybridized carbons (Fsp3) is 0.182. The van der Waals surface area contributed by atoms with E-state index in [9.17, 15) is 4.79 Å². The van der Waals surface area contributed by atoms with Crippen molar-refractivity contribution in [3.63, 3.8) is 0 Å². The van der Waals surface area contributed by atoms with Gasteiger partial charge in [0, 0.05) is 5.56 Å². The van der Waals surface area contributed by atoms with Gasteiger partial charge in [0.05, 0.1) is 38.9 Å². The van der Waals surface area contributed by atoms with Crippen LogP contribution in [0.3, 0.4) is 0 Å². The Bertz CT molecular complexity index is 1000. The first-order valence-electron chi connectivity index (χ1n) is 8.95. The van der Waals surface area contributed by atoms with Gasteiger partial charge >= 0.3 is 0 Å². The Kier molecular flexibility index (Phi) is 6.19. The van der Waals surface area contributed by atoms with Gasteiger partial charge in [-0.3, -0.25) is 4.79 Å². The molecule has 150 valence electrons. The molecule has 1 heterocycles. The molecule has 0 radical (unpaired) electrons. The molecule has 0 atom stereocenters. The predicted octanol–water partition coefficient (Wildman–Crippen LogP) is 4.41. The van der Waals surface area contributed by atoms with Gasteiger partial charge in [-0.2, -0.15) is 0 Å². The predicted molar refractivity (Wildman–Crippen MR) is 113 cm³/mol. The van der Waals surface area contributed by atoms with Gasteiger partial charge in [0.1, 0.15) is 11.6 Å². The molecule has 0 aliphatic rings. The number of amides is 1. The summed E-state index contributed by atoms with van der Waals surface area (Å²) in [6, 6.07) is 14.4. The van der Waals surface area contributed by atoms with Gasteiger partial charge < -0.3 is 24.8 Å². The lowest BCUT2D eigenvalue weighted by molar-refractivity contribution is 0.102. The van der Waals surface area contributed by atoms with Crippen LogP contribution < -0.4 is 24.8 Å². The molecule has 0 bridgehead atoms. The van der Waals surface area contributed by atoms with Gasteiger partial charge in [-0.05, 0) is 55.0 Å². The van der Waals surface area contributed by atoms with Crippen LogP contribution >= 0.6 is 0 Å². The molecule has 0 aliphatic carbocycles. The molecule has 3 aromatic rings. The summed E-state index contributed by atoms with van der Waals surface area (Å²) in [6.07, 6.45) is 1.59. The lowest BCUT2D eigenvalue weighted by Gasteiger charge is -2.12. The van der Waals surface area contributed by atoms with Crippen LogP contribution in [0.15, 0.2) is 54.7 Å². The number of hydrogen-bond donors (Lipinski definition) is 2. The molecule has 1 aromatic heterocycles. The number of aromatic nitrogens is 1. The van der Waals surface area contributed by atoms with Crippen LogP contribution in [-0.2, 0) is 0 Å². The van der Waals surface area contributed by atoms with Gasteiger partial charge in [0.2, 0.25) is 0 Å². The number of ether oxygens (including phenoxy) is 3. The maximum Gasteiger partial charge on any atom is 0.255 e. The second kappa shape index (κ2) is 8.97. The van der Waals surface area contributed by atoms with Crippen LogP contribution in [0.25, 0.3) is 0 Å². The molecule has 0 saturated carbocycles. The van der Waals surface area contributed by atoms with Crippen molar-refractivity contribution in [1.82, 2.24) is 4.98 Å². The van der Waals surface area contributed by atoms with E-state index >= 15 is 0 Å². The van der Waals surface area contributed by atoms with Gasteiger partial charge in [-0.15, -0.1) is 0 Å². The summed E-state index contributed by atoms with van der Waals surface area (Å²) >= 11 is 0. The van der Waals surface area contributed by atoms with Crippen LogP contribution in [0.2, 0.25) is 0 Å². The van der Waals surface area contributed by atoms with E-state index in [4.69, 9.17) is 14.2 Å². The number of carbonyl (C=O) groups excluding carboxylic acids is 1. The summed E-state index contributed by atoms with van der Waals surface area (Å²) in [7, 11) is 4.69. The molecule has 7 heteroatoms. The van der Waals surface area contributed by atoms with E-state index in [1.54, 1.807) is 50.7 Å². The van der Waals surface area contributed by atoms with E-state index < -0.39 is 0 Å². The Balaban J connectivity index is 1.71. The van der Waals surface area contributed by atoms with E-state index in [-0.39, 0.29) is 5.91 Å². The van der Waals surface area contributed by atoms with Crippen molar-refractivity contribution in [1.29, 1.82) is 0 Å². The molecular weight excluding hydrogens is 370 g/mol. The minimum atomic E-state index is -0.270. The highest BCUT2D eigenvalue weighted by molar-refractivity contribution is 6.04. The Labute approximate surface area is 169 Å². The van der Waals surface area contributed by atoms with Crippen molar-refractivity contribution in [2.45, 2.75) is 6.92 Å². The van der Waals surface area contributed by atoms with E-state index in [2.05, 4.69) is 15.6 Å². The second-order valence-corrected chi connectivity index (χ2v) is 6.28. The number of aryl methyl sites for hydroxylation is 1. The highest BCUT2D eigenvalue weighted by atomic mass is 16.5. The molecule has 29 heavy (non-hydrogen) atoms. The summed E-state index contributed by atoms with van der Waals surface area (Å²) in [4.78, 5) is 16.9. The lowest BCUT2D eigenvalue weighted by Crippen LogP contribution is -2.12. The Morgan fingerprint density at radius 2 is 1.59 bits per heavy atom. The summed E-state index contributed by atoms with van der Waals surface area (Å²) in [5.74, 6) is 2.15. The van der Waals surface area contributed by atoms with E-state index in [0.29, 0.717) is 28.6 Å². The van der Waals surface area contributed by atoms with Crippen LogP contribution in [-0.4, -0.2) is 32.2 Å².